The fraction of sp³-hybridized carbons (Fsp3) is 0.400. The zero-order valence-electron chi connectivity index (χ0n) is 7.68. The van der Waals surface area contributed by atoms with Gasteiger partial charge in [-0.15, -0.1) is 0 Å². The minimum Gasteiger partial charge on any atom is -0.481 e. The Labute approximate surface area is 82.0 Å². The molecule has 1 aromatic rings. The standard InChI is InChI=1S/C10H12N2O2/c13-10(14)9-6-12-5-8(9)7-2-1-3-11-4-7/h1-4,8-9,12H,5-6H2,(H,13,14)/t8-,9-/m1/s1. The molecule has 14 heavy (non-hydrogen) atoms. The molecular formula is C10H12N2O2. The number of hydrogen-bond acceptors (Lipinski definition) is 3. The molecule has 0 spiro atoms. The third-order valence-corrected chi connectivity index (χ3v) is 2.64. The highest BCUT2D eigenvalue weighted by Crippen LogP contribution is 2.27. The van der Waals surface area contributed by atoms with Crippen molar-refractivity contribution in [2.45, 2.75) is 5.92 Å². The molecule has 0 amide bonds. The number of carboxylic acid groups (broad SMARTS) is 1. The van der Waals surface area contributed by atoms with Crippen molar-refractivity contribution in [1.82, 2.24) is 10.3 Å². The quantitative estimate of drug-likeness (QED) is 0.715. The zero-order valence-corrected chi connectivity index (χ0v) is 7.68. The lowest BCUT2D eigenvalue weighted by molar-refractivity contribution is -0.141. The lowest BCUT2D eigenvalue weighted by atomic mass is 9.90. The summed E-state index contributed by atoms with van der Waals surface area (Å²) in [6.07, 6.45) is 3.44. The Kier molecular flexibility index (Phi) is 2.45. The van der Waals surface area contributed by atoms with E-state index in [0.29, 0.717) is 6.54 Å². The van der Waals surface area contributed by atoms with E-state index in [4.69, 9.17) is 5.11 Å². The van der Waals surface area contributed by atoms with Gasteiger partial charge in [-0.25, -0.2) is 0 Å². The maximum absolute atomic E-state index is 10.9. The van der Waals surface area contributed by atoms with Gasteiger partial charge in [0.15, 0.2) is 0 Å². The topological polar surface area (TPSA) is 62.2 Å². The fourth-order valence-electron chi connectivity index (χ4n) is 1.88. The van der Waals surface area contributed by atoms with Crippen molar-refractivity contribution < 1.29 is 9.90 Å². The average molecular weight is 192 g/mol. The number of aliphatic carboxylic acids is 1. The van der Waals surface area contributed by atoms with Crippen molar-refractivity contribution in [2.75, 3.05) is 13.1 Å². The van der Waals surface area contributed by atoms with Gasteiger partial charge < -0.3 is 10.4 Å². The zero-order chi connectivity index (χ0) is 9.97. The van der Waals surface area contributed by atoms with Gasteiger partial charge in [0.25, 0.3) is 0 Å². The summed E-state index contributed by atoms with van der Waals surface area (Å²) in [4.78, 5) is 14.9. The highest BCUT2D eigenvalue weighted by Gasteiger charge is 2.33. The van der Waals surface area contributed by atoms with E-state index in [1.165, 1.54) is 0 Å². The number of pyridine rings is 1. The van der Waals surface area contributed by atoms with Crippen LogP contribution in [0.5, 0.6) is 0 Å². The van der Waals surface area contributed by atoms with Gasteiger partial charge >= 0.3 is 5.97 Å². The number of nitrogens with zero attached hydrogens (tertiary/aromatic N) is 1. The van der Waals surface area contributed by atoms with E-state index in [1.54, 1.807) is 12.4 Å². The van der Waals surface area contributed by atoms with Crippen LogP contribution in [0.15, 0.2) is 24.5 Å². The van der Waals surface area contributed by atoms with E-state index in [0.717, 1.165) is 12.1 Å². The largest absolute Gasteiger partial charge is 0.481 e. The molecule has 2 N–H and O–H groups in total. The van der Waals surface area contributed by atoms with Crippen LogP contribution in [-0.4, -0.2) is 29.1 Å². The van der Waals surface area contributed by atoms with E-state index in [-0.39, 0.29) is 11.8 Å². The molecule has 0 aromatic carbocycles. The SMILES string of the molecule is O=C(O)[C@@H]1CNC[C@@H]1c1cccnc1. The number of hydrogen-bond donors (Lipinski definition) is 2. The van der Waals surface area contributed by atoms with Crippen molar-refractivity contribution in [1.29, 1.82) is 0 Å². The predicted molar refractivity (Wildman–Crippen MR) is 51.0 cm³/mol. The van der Waals surface area contributed by atoms with Crippen LogP contribution in [0.1, 0.15) is 11.5 Å². The van der Waals surface area contributed by atoms with Gasteiger partial charge in [0.1, 0.15) is 0 Å². The molecule has 0 saturated carbocycles. The van der Waals surface area contributed by atoms with Crippen molar-refractivity contribution >= 4 is 5.97 Å². The van der Waals surface area contributed by atoms with Gasteiger partial charge in [-0.3, -0.25) is 9.78 Å². The molecule has 0 aliphatic carbocycles. The second-order valence-electron chi connectivity index (χ2n) is 3.50. The summed E-state index contributed by atoms with van der Waals surface area (Å²) >= 11 is 0. The lowest BCUT2D eigenvalue weighted by Crippen LogP contribution is -2.21. The molecule has 1 aromatic heterocycles. The monoisotopic (exact) mass is 192 g/mol. The first-order chi connectivity index (χ1) is 6.79. The summed E-state index contributed by atoms with van der Waals surface area (Å²) in [6, 6.07) is 3.77. The first-order valence-electron chi connectivity index (χ1n) is 4.62. The molecule has 4 heteroatoms. The average Bonchev–Trinajstić information content (AvgIpc) is 2.67. The Bertz CT molecular complexity index is 326. The van der Waals surface area contributed by atoms with Crippen molar-refractivity contribution in [2.24, 2.45) is 5.92 Å². The molecule has 2 rings (SSSR count). The summed E-state index contributed by atoms with van der Waals surface area (Å²) in [7, 11) is 0. The van der Waals surface area contributed by atoms with Crippen molar-refractivity contribution in [3.05, 3.63) is 30.1 Å². The van der Waals surface area contributed by atoms with Crippen LogP contribution in [0.2, 0.25) is 0 Å². The fourth-order valence-corrected chi connectivity index (χ4v) is 1.88. The van der Waals surface area contributed by atoms with Gasteiger partial charge in [0.05, 0.1) is 5.92 Å². The number of carbonyl (C=O) groups is 1. The molecule has 4 nitrogen and oxygen atoms in total. The third kappa shape index (κ3) is 1.61. The van der Waals surface area contributed by atoms with Crippen LogP contribution in [0.4, 0.5) is 0 Å². The maximum Gasteiger partial charge on any atom is 0.308 e. The molecule has 1 aliphatic rings. The summed E-state index contributed by atoms with van der Waals surface area (Å²) in [5, 5.41) is 12.1. The van der Waals surface area contributed by atoms with Crippen LogP contribution in [-0.2, 0) is 4.79 Å². The molecule has 1 saturated heterocycles. The number of rotatable bonds is 2. The van der Waals surface area contributed by atoms with Gasteiger partial charge in [0, 0.05) is 31.4 Å². The van der Waals surface area contributed by atoms with Crippen molar-refractivity contribution in [3.8, 4) is 0 Å². The van der Waals surface area contributed by atoms with Crippen LogP contribution >= 0.6 is 0 Å². The van der Waals surface area contributed by atoms with Crippen molar-refractivity contribution in [3.63, 3.8) is 0 Å². The number of nitrogens with one attached hydrogen (secondary N) is 1. The van der Waals surface area contributed by atoms with E-state index < -0.39 is 5.97 Å². The van der Waals surface area contributed by atoms with Gasteiger partial charge in [-0.2, -0.15) is 0 Å². The Balaban J connectivity index is 2.22. The molecule has 2 heterocycles. The lowest BCUT2D eigenvalue weighted by Gasteiger charge is -2.13. The normalized spacial score (nSPS) is 26.3. The highest BCUT2D eigenvalue weighted by molar-refractivity contribution is 5.72. The summed E-state index contributed by atoms with van der Waals surface area (Å²) < 4.78 is 0. The molecule has 1 aliphatic heterocycles. The van der Waals surface area contributed by atoms with Gasteiger partial charge in [0.2, 0.25) is 0 Å². The second kappa shape index (κ2) is 3.75. The van der Waals surface area contributed by atoms with Crippen LogP contribution in [0.3, 0.4) is 0 Å². The van der Waals surface area contributed by atoms with E-state index in [1.807, 2.05) is 12.1 Å². The first-order valence-corrected chi connectivity index (χ1v) is 4.62. The van der Waals surface area contributed by atoms with E-state index >= 15 is 0 Å². The Morgan fingerprint density at radius 1 is 1.57 bits per heavy atom. The Hall–Kier alpha value is -1.42. The minimum atomic E-state index is -0.733. The molecule has 74 valence electrons. The summed E-state index contributed by atoms with van der Waals surface area (Å²) in [5.74, 6) is -0.996. The number of aromatic nitrogens is 1. The van der Waals surface area contributed by atoms with Crippen LogP contribution < -0.4 is 5.32 Å². The Morgan fingerprint density at radius 3 is 3.07 bits per heavy atom. The minimum absolute atomic E-state index is 0.0567. The molecule has 1 fully saturated rings. The van der Waals surface area contributed by atoms with Gasteiger partial charge in [-0.05, 0) is 11.6 Å². The number of carboxylic acids is 1. The smallest absolute Gasteiger partial charge is 0.308 e. The molecule has 0 radical (unpaired) electrons. The second-order valence-corrected chi connectivity index (χ2v) is 3.50. The maximum atomic E-state index is 10.9. The Morgan fingerprint density at radius 2 is 2.43 bits per heavy atom. The summed E-state index contributed by atoms with van der Waals surface area (Å²) in [6.45, 7) is 1.28. The molecular weight excluding hydrogens is 180 g/mol. The van der Waals surface area contributed by atoms with Gasteiger partial charge in [-0.1, -0.05) is 6.07 Å². The summed E-state index contributed by atoms with van der Waals surface area (Å²) in [5.41, 5.74) is 1.00. The van der Waals surface area contributed by atoms with E-state index in [2.05, 4.69) is 10.3 Å². The predicted octanol–water partition coefficient (Wildman–Crippen LogP) is 0.469. The van der Waals surface area contributed by atoms with Crippen LogP contribution in [0.25, 0.3) is 0 Å². The third-order valence-electron chi connectivity index (χ3n) is 2.64. The molecule has 2 atom stereocenters. The first kappa shape index (κ1) is 9.15. The van der Waals surface area contributed by atoms with Crippen LogP contribution in [0, 0.1) is 5.92 Å². The highest BCUT2D eigenvalue weighted by atomic mass is 16.4. The van der Waals surface area contributed by atoms with E-state index in [9.17, 15) is 4.79 Å². The molecule has 0 bridgehead atoms. The molecule has 0 unspecified atom stereocenters.